The van der Waals surface area contributed by atoms with Crippen LogP contribution in [0.1, 0.15) is 38.5 Å². The highest BCUT2D eigenvalue weighted by Crippen LogP contribution is 2.28. The number of halogens is 1. The lowest BCUT2D eigenvalue weighted by atomic mass is 10.0. The molecule has 19 heavy (non-hydrogen) atoms. The van der Waals surface area contributed by atoms with Crippen molar-refractivity contribution < 1.29 is 8.42 Å². The van der Waals surface area contributed by atoms with Gasteiger partial charge in [0.15, 0.2) is 0 Å². The smallest absolute Gasteiger partial charge is 0.243 e. The standard InChI is InChI=1S/C13H19ClN2O2S/c14-12-7-9-15-10-13(12)19(17,18)16-8-3-6-11-4-1-2-5-11/h7,9-11,16H,1-6,8H2. The summed E-state index contributed by atoms with van der Waals surface area (Å²) in [6, 6.07) is 1.48. The van der Waals surface area contributed by atoms with Crippen LogP contribution >= 0.6 is 11.6 Å². The van der Waals surface area contributed by atoms with E-state index >= 15 is 0 Å². The van der Waals surface area contributed by atoms with Gasteiger partial charge in [-0.3, -0.25) is 4.98 Å². The van der Waals surface area contributed by atoms with E-state index in [-0.39, 0.29) is 9.92 Å². The number of aromatic nitrogens is 1. The molecule has 1 N–H and O–H groups in total. The minimum Gasteiger partial charge on any atom is -0.263 e. The van der Waals surface area contributed by atoms with Gasteiger partial charge in [0.25, 0.3) is 0 Å². The summed E-state index contributed by atoms with van der Waals surface area (Å²) in [5, 5.41) is 0.207. The molecule has 0 bridgehead atoms. The van der Waals surface area contributed by atoms with Crippen LogP contribution in [0.5, 0.6) is 0 Å². The van der Waals surface area contributed by atoms with E-state index in [0.717, 1.165) is 18.8 Å². The molecule has 106 valence electrons. The Morgan fingerprint density at radius 1 is 1.37 bits per heavy atom. The zero-order valence-corrected chi connectivity index (χ0v) is 12.4. The van der Waals surface area contributed by atoms with Gasteiger partial charge >= 0.3 is 0 Å². The van der Waals surface area contributed by atoms with Crippen molar-refractivity contribution in [3.8, 4) is 0 Å². The van der Waals surface area contributed by atoms with Gasteiger partial charge in [-0.25, -0.2) is 13.1 Å². The Bertz CT molecular complexity index is 513. The van der Waals surface area contributed by atoms with E-state index in [1.165, 1.54) is 44.1 Å². The molecule has 0 unspecified atom stereocenters. The van der Waals surface area contributed by atoms with Crippen LogP contribution in [0.2, 0.25) is 5.02 Å². The minimum atomic E-state index is -3.53. The van der Waals surface area contributed by atoms with Gasteiger partial charge < -0.3 is 0 Å². The Balaban J connectivity index is 1.82. The molecule has 0 amide bonds. The first kappa shape index (κ1) is 14.8. The highest BCUT2D eigenvalue weighted by atomic mass is 35.5. The second-order valence-electron chi connectivity index (χ2n) is 5.00. The van der Waals surface area contributed by atoms with Crippen molar-refractivity contribution in [2.75, 3.05) is 6.54 Å². The summed E-state index contributed by atoms with van der Waals surface area (Å²) in [6.07, 6.45) is 9.96. The van der Waals surface area contributed by atoms with Crippen molar-refractivity contribution in [3.63, 3.8) is 0 Å². The van der Waals surface area contributed by atoms with Crippen molar-refractivity contribution in [3.05, 3.63) is 23.5 Å². The van der Waals surface area contributed by atoms with Gasteiger partial charge in [0.1, 0.15) is 4.90 Å². The molecule has 1 saturated carbocycles. The van der Waals surface area contributed by atoms with Crippen LogP contribution in [0.4, 0.5) is 0 Å². The summed E-state index contributed by atoms with van der Waals surface area (Å²) in [6.45, 7) is 0.462. The zero-order valence-electron chi connectivity index (χ0n) is 10.8. The van der Waals surface area contributed by atoms with E-state index in [1.54, 1.807) is 0 Å². The van der Waals surface area contributed by atoms with Gasteiger partial charge in [-0.05, 0) is 24.8 Å². The Kier molecular flexibility index (Phi) is 5.19. The van der Waals surface area contributed by atoms with E-state index in [9.17, 15) is 8.42 Å². The van der Waals surface area contributed by atoms with Crippen LogP contribution in [0.15, 0.2) is 23.4 Å². The predicted molar refractivity (Wildman–Crippen MR) is 75.6 cm³/mol. The van der Waals surface area contributed by atoms with Crippen molar-refractivity contribution >= 4 is 21.6 Å². The number of hydrogen-bond donors (Lipinski definition) is 1. The molecule has 0 aromatic carbocycles. The Morgan fingerprint density at radius 3 is 2.79 bits per heavy atom. The molecule has 6 heteroatoms. The molecule has 4 nitrogen and oxygen atoms in total. The highest BCUT2D eigenvalue weighted by Gasteiger charge is 2.18. The van der Waals surface area contributed by atoms with Crippen LogP contribution < -0.4 is 4.72 Å². The first-order valence-electron chi connectivity index (χ1n) is 6.69. The average Bonchev–Trinajstić information content (AvgIpc) is 2.88. The number of rotatable bonds is 6. The maximum atomic E-state index is 12.0. The fraction of sp³-hybridized carbons (Fsp3) is 0.615. The van der Waals surface area contributed by atoms with E-state index < -0.39 is 10.0 Å². The first-order valence-corrected chi connectivity index (χ1v) is 8.55. The normalized spacial score (nSPS) is 16.9. The van der Waals surface area contributed by atoms with Crippen LogP contribution in [-0.4, -0.2) is 19.9 Å². The van der Waals surface area contributed by atoms with Crippen molar-refractivity contribution in [2.24, 2.45) is 5.92 Å². The SMILES string of the molecule is O=S(=O)(NCCCC1CCCC1)c1cnccc1Cl. The number of sulfonamides is 1. The van der Waals surface area contributed by atoms with Gasteiger partial charge in [-0.15, -0.1) is 0 Å². The molecule has 1 aromatic heterocycles. The Labute approximate surface area is 119 Å². The number of nitrogens with one attached hydrogen (secondary N) is 1. The molecular weight excluding hydrogens is 284 g/mol. The fourth-order valence-corrected chi connectivity index (χ4v) is 4.04. The summed E-state index contributed by atoms with van der Waals surface area (Å²) >= 11 is 5.87. The molecule has 0 radical (unpaired) electrons. The topological polar surface area (TPSA) is 59.1 Å². The third-order valence-corrected chi connectivity index (χ3v) is 5.51. The summed E-state index contributed by atoms with van der Waals surface area (Å²) in [7, 11) is -3.53. The third-order valence-electron chi connectivity index (χ3n) is 3.58. The first-order chi connectivity index (χ1) is 9.09. The van der Waals surface area contributed by atoms with Gasteiger partial charge in [-0.1, -0.05) is 37.3 Å². The highest BCUT2D eigenvalue weighted by molar-refractivity contribution is 7.89. The summed E-state index contributed by atoms with van der Waals surface area (Å²) in [5.74, 6) is 0.784. The summed E-state index contributed by atoms with van der Waals surface area (Å²) in [4.78, 5) is 3.85. The van der Waals surface area contributed by atoms with E-state index in [2.05, 4.69) is 9.71 Å². The van der Waals surface area contributed by atoms with Crippen molar-refractivity contribution in [2.45, 2.75) is 43.4 Å². The van der Waals surface area contributed by atoms with Crippen LogP contribution in [0.25, 0.3) is 0 Å². The quantitative estimate of drug-likeness (QED) is 0.822. The zero-order chi connectivity index (χ0) is 13.7. The Hall–Kier alpha value is -0.650. The molecule has 1 aromatic rings. The molecule has 1 fully saturated rings. The lowest BCUT2D eigenvalue weighted by molar-refractivity contribution is 0.480. The lowest BCUT2D eigenvalue weighted by Crippen LogP contribution is -2.25. The molecule has 0 atom stereocenters. The molecule has 0 saturated heterocycles. The van der Waals surface area contributed by atoms with Crippen LogP contribution in [-0.2, 0) is 10.0 Å². The second-order valence-corrected chi connectivity index (χ2v) is 7.14. The number of pyridine rings is 1. The minimum absolute atomic E-state index is 0.0533. The molecule has 1 aliphatic rings. The number of hydrogen-bond acceptors (Lipinski definition) is 3. The molecule has 1 aliphatic carbocycles. The lowest BCUT2D eigenvalue weighted by Gasteiger charge is -2.10. The number of nitrogens with zero attached hydrogens (tertiary/aromatic N) is 1. The van der Waals surface area contributed by atoms with E-state index in [1.807, 2.05) is 0 Å². The van der Waals surface area contributed by atoms with Gasteiger partial charge in [0, 0.05) is 18.9 Å². The fourth-order valence-electron chi connectivity index (χ4n) is 2.53. The van der Waals surface area contributed by atoms with Gasteiger partial charge in [0.2, 0.25) is 10.0 Å². The van der Waals surface area contributed by atoms with Crippen LogP contribution in [0.3, 0.4) is 0 Å². The maximum absolute atomic E-state index is 12.0. The molecule has 1 heterocycles. The Morgan fingerprint density at radius 2 is 2.11 bits per heavy atom. The van der Waals surface area contributed by atoms with Gasteiger partial charge in [0.05, 0.1) is 5.02 Å². The molecule has 0 spiro atoms. The second kappa shape index (κ2) is 6.68. The summed E-state index contributed by atoms with van der Waals surface area (Å²) in [5.41, 5.74) is 0. The van der Waals surface area contributed by atoms with Gasteiger partial charge in [-0.2, -0.15) is 0 Å². The van der Waals surface area contributed by atoms with Crippen LogP contribution in [0, 0.1) is 5.92 Å². The molecule has 2 rings (SSSR count). The molecule has 0 aliphatic heterocycles. The monoisotopic (exact) mass is 302 g/mol. The third kappa shape index (κ3) is 4.16. The molecular formula is C13H19ClN2O2S. The van der Waals surface area contributed by atoms with Crippen molar-refractivity contribution in [1.82, 2.24) is 9.71 Å². The average molecular weight is 303 g/mol. The maximum Gasteiger partial charge on any atom is 0.243 e. The largest absolute Gasteiger partial charge is 0.263 e. The van der Waals surface area contributed by atoms with E-state index in [0.29, 0.717) is 6.54 Å². The van der Waals surface area contributed by atoms with E-state index in [4.69, 9.17) is 11.6 Å². The van der Waals surface area contributed by atoms with Crippen molar-refractivity contribution in [1.29, 1.82) is 0 Å². The summed E-state index contributed by atoms with van der Waals surface area (Å²) < 4.78 is 26.6. The predicted octanol–water partition coefficient (Wildman–Crippen LogP) is 2.98.